The van der Waals surface area contributed by atoms with Gasteiger partial charge in [0.2, 0.25) is 0 Å². The van der Waals surface area contributed by atoms with E-state index in [1.807, 2.05) is 25.2 Å². The highest BCUT2D eigenvalue weighted by Crippen LogP contribution is 2.26. The van der Waals surface area contributed by atoms with Gasteiger partial charge in [0, 0.05) is 17.2 Å². The summed E-state index contributed by atoms with van der Waals surface area (Å²) in [7, 11) is 1.86. The summed E-state index contributed by atoms with van der Waals surface area (Å²) in [6.07, 6.45) is 0. The first-order chi connectivity index (χ1) is 8.60. The summed E-state index contributed by atoms with van der Waals surface area (Å²) in [5.74, 6) is 1.69. The van der Waals surface area contributed by atoms with Crippen LogP contribution in [0.1, 0.15) is 11.1 Å². The van der Waals surface area contributed by atoms with E-state index in [9.17, 15) is 0 Å². The van der Waals surface area contributed by atoms with Crippen LogP contribution in [0.3, 0.4) is 0 Å². The fraction of sp³-hybridized carbons (Fsp3) is 0.214. The van der Waals surface area contributed by atoms with Gasteiger partial charge in [0.25, 0.3) is 0 Å². The van der Waals surface area contributed by atoms with Crippen molar-refractivity contribution >= 4 is 33.3 Å². The number of aromatic nitrogens is 1. The molecule has 0 atom stereocenters. The Morgan fingerprint density at radius 1 is 1.06 bits per heavy atom. The van der Waals surface area contributed by atoms with Crippen molar-refractivity contribution in [2.45, 2.75) is 13.8 Å². The number of nitrogens with zero attached hydrogens (tertiary/aromatic N) is 1. The van der Waals surface area contributed by atoms with Crippen LogP contribution < -0.4 is 10.6 Å². The predicted octanol–water partition coefficient (Wildman–Crippen LogP) is 4.25. The average Bonchev–Trinajstić information content (AvgIpc) is 2.36. The smallest absolute Gasteiger partial charge is 0.132 e. The van der Waals surface area contributed by atoms with Gasteiger partial charge in [-0.15, -0.1) is 0 Å². The maximum atomic E-state index is 4.43. The van der Waals surface area contributed by atoms with E-state index in [0.717, 1.165) is 21.8 Å². The van der Waals surface area contributed by atoms with E-state index in [2.05, 4.69) is 57.5 Å². The third-order valence-electron chi connectivity index (χ3n) is 2.71. The standard InChI is InChI=1S/C14H16BrN3/c1-9-7-11(8-10(2)14(9)15)17-13-6-4-5-12(16-3)18-13/h4-8H,1-3H3,(H2,16,17,18). The highest BCUT2D eigenvalue weighted by Gasteiger charge is 2.03. The molecule has 1 heterocycles. The second-order valence-corrected chi connectivity index (χ2v) is 5.00. The second kappa shape index (κ2) is 5.40. The largest absolute Gasteiger partial charge is 0.373 e. The maximum absolute atomic E-state index is 4.43. The van der Waals surface area contributed by atoms with Crippen LogP contribution in [-0.4, -0.2) is 12.0 Å². The lowest BCUT2D eigenvalue weighted by molar-refractivity contribution is 1.26. The van der Waals surface area contributed by atoms with Crippen molar-refractivity contribution in [3.8, 4) is 0 Å². The first kappa shape index (κ1) is 12.9. The van der Waals surface area contributed by atoms with Gasteiger partial charge in [-0.2, -0.15) is 0 Å². The lowest BCUT2D eigenvalue weighted by Gasteiger charge is -2.10. The van der Waals surface area contributed by atoms with Crippen molar-refractivity contribution in [1.82, 2.24) is 4.98 Å². The van der Waals surface area contributed by atoms with Crippen LogP contribution in [0.2, 0.25) is 0 Å². The Bertz CT molecular complexity index is 544. The summed E-state index contributed by atoms with van der Waals surface area (Å²) in [4.78, 5) is 4.43. The number of hydrogen-bond donors (Lipinski definition) is 2. The van der Waals surface area contributed by atoms with Gasteiger partial charge in [0.05, 0.1) is 0 Å². The summed E-state index contributed by atoms with van der Waals surface area (Å²) >= 11 is 3.57. The fourth-order valence-corrected chi connectivity index (χ4v) is 2.04. The van der Waals surface area contributed by atoms with Gasteiger partial charge in [0.1, 0.15) is 11.6 Å². The topological polar surface area (TPSA) is 37.0 Å². The van der Waals surface area contributed by atoms with Crippen LogP contribution in [-0.2, 0) is 0 Å². The first-order valence-corrected chi connectivity index (χ1v) is 6.58. The van der Waals surface area contributed by atoms with Crippen LogP contribution in [0, 0.1) is 13.8 Å². The minimum atomic E-state index is 0.836. The monoisotopic (exact) mass is 305 g/mol. The quantitative estimate of drug-likeness (QED) is 0.890. The first-order valence-electron chi connectivity index (χ1n) is 5.78. The molecule has 0 spiro atoms. The van der Waals surface area contributed by atoms with E-state index in [4.69, 9.17) is 0 Å². The molecule has 0 amide bonds. The molecule has 0 saturated carbocycles. The molecule has 0 saturated heterocycles. The molecule has 18 heavy (non-hydrogen) atoms. The summed E-state index contributed by atoms with van der Waals surface area (Å²) in [6, 6.07) is 10.1. The number of halogens is 1. The zero-order valence-corrected chi connectivity index (χ0v) is 12.3. The summed E-state index contributed by atoms with van der Waals surface area (Å²) in [6.45, 7) is 4.17. The molecule has 2 rings (SSSR count). The number of pyridine rings is 1. The molecule has 2 N–H and O–H groups in total. The summed E-state index contributed by atoms with van der Waals surface area (Å²) < 4.78 is 1.16. The minimum absolute atomic E-state index is 0.836. The van der Waals surface area contributed by atoms with Gasteiger partial charge in [-0.3, -0.25) is 0 Å². The van der Waals surface area contributed by atoms with Gasteiger partial charge in [-0.1, -0.05) is 22.0 Å². The molecule has 1 aromatic heterocycles. The number of benzene rings is 1. The number of hydrogen-bond acceptors (Lipinski definition) is 3. The number of anilines is 3. The Labute approximate surface area is 116 Å². The van der Waals surface area contributed by atoms with Crippen molar-refractivity contribution < 1.29 is 0 Å². The third-order valence-corrected chi connectivity index (χ3v) is 3.96. The molecular formula is C14H16BrN3. The highest BCUT2D eigenvalue weighted by atomic mass is 79.9. The van der Waals surface area contributed by atoms with Crippen molar-refractivity contribution in [2.24, 2.45) is 0 Å². The Morgan fingerprint density at radius 2 is 1.67 bits per heavy atom. The van der Waals surface area contributed by atoms with Gasteiger partial charge in [-0.25, -0.2) is 4.98 Å². The molecule has 0 aliphatic heterocycles. The van der Waals surface area contributed by atoms with Crippen LogP contribution in [0.4, 0.5) is 17.3 Å². The molecule has 0 aliphatic rings. The van der Waals surface area contributed by atoms with Crippen LogP contribution in [0.25, 0.3) is 0 Å². The van der Waals surface area contributed by atoms with Crippen molar-refractivity contribution in [3.05, 3.63) is 45.9 Å². The molecule has 0 fully saturated rings. The van der Waals surface area contributed by atoms with E-state index >= 15 is 0 Å². The molecule has 0 bridgehead atoms. The summed E-state index contributed by atoms with van der Waals surface area (Å²) in [5, 5.41) is 6.34. The molecule has 0 unspecified atom stereocenters. The number of aryl methyl sites for hydroxylation is 2. The van der Waals surface area contributed by atoms with Gasteiger partial charge < -0.3 is 10.6 Å². The van der Waals surface area contributed by atoms with E-state index in [-0.39, 0.29) is 0 Å². The molecule has 1 aromatic carbocycles. The second-order valence-electron chi connectivity index (χ2n) is 4.21. The van der Waals surface area contributed by atoms with Crippen LogP contribution in [0.5, 0.6) is 0 Å². The van der Waals surface area contributed by atoms with Crippen LogP contribution in [0.15, 0.2) is 34.8 Å². The fourth-order valence-electron chi connectivity index (χ4n) is 1.81. The minimum Gasteiger partial charge on any atom is -0.373 e. The van der Waals surface area contributed by atoms with Crippen molar-refractivity contribution in [2.75, 3.05) is 17.7 Å². The average molecular weight is 306 g/mol. The SMILES string of the molecule is CNc1cccc(Nc2cc(C)c(Br)c(C)c2)n1. The Hall–Kier alpha value is -1.55. The molecule has 0 radical (unpaired) electrons. The van der Waals surface area contributed by atoms with Gasteiger partial charge in [0.15, 0.2) is 0 Å². The van der Waals surface area contributed by atoms with E-state index in [0.29, 0.717) is 0 Å². The molecule has 4 heteroatoms. The van der Waals surface area contributed by atoms with Gasteiger partial charge in [-0.05, 0) is 49.2 Å². The van der Waals surface area contributed by atoms with E-state index < -0.39 is 0 Å². The lowest BCUT2D eigenvalue weighted by Crippen LogP contribution is -1.98. The normalized spacial score (nSPS) is 10.2. The molecule has 0 aliphatic carbocycles. The Balaban J connectivity index is 2.28. The lowest BCUT2D eigenvalue weighted by atomic mass is 10.1. The Morgan fingerprint density at radius 3 is 2.28 bits per heavy atom. The van der Waals surface area contributed by atoms with Crippen molar-refractivity contribution in [3.63, 3.8) is 0 Å². The van der Waals surface area contributed by atoms with E-state index in [1.54, 1.807) is 0 Å². The zero-order valence-electron chi connectivity index (χ0n) is 10.7. The number of nitrogens with one attached hydrogen (secondary N) is 2. The van der Waals surface area contributed by atoms with E-state index in [1.165, 1.54) is 11.1 Å². The molecule has 2 aromatic rings. The summed E-state index contributed by atoms with van der Waals surface area (Å²) in [5.41, 5.74) is 3.47. The number of rotatable bonds is 3. The van der Waals surface area contributed by atoms with Crippen LogP contribution >= 0.6 is 15.9 Å². The molecule has 94 valence electrons. The van der Waals surface area contributed by atoms with Crippen molar-refractivity contribution in [1.29, 1.82) is 0 Å². The maximum Gasteiger partial charge on any atom is 0.132 e. The predicted molar refractivity (Wildman–Crippen MR) is 80.7 cm³/mol. The Kier molecular flexibility index (Phi) is 3.87. The molecule has 3 nitrogen and oxygen atoms in total. The molecular weight excluding hydrogens is 290 g/mol. The third kappa shape index (κ3) is 2.82. The highest BCUT2D eigenvalue weighted by molar-refractivity contribution is 9.10. The zero-order chi connectivity index (χ0) is 13.1. The van der Waals surface area contributed by atoms with Gasteiger partial charge >= 0.3 is 0 Å².